The van der Waals surface area contributed by atoms with Crippen LogP contribution in [0.25, 0.3) is 0 Å². The van der Waals surface area contributed by atoms with E-state index in [1.54, 1.807) is 6.20 Å². The molecule has 0 saturated heterocycles. The molecule has 0 aliphatic rings. The van der Waals surface area contributed by atoms with E-state index in [9.17, 15) is 18.3 Å². The van der Waals surface area contributed by atoms with Gasteiger partial charge in [0.05, 0.1) is 43.9 Å². The number of nitrogens with zero attached hydrogens (tertiary/aromatic N) is 4. The summed E-state index contributed by atoms with van der Waals surface area (Å²) in [5.74, 6) is -2.67. The second-order valence-electron chi connectivity index (χ2n) is 5.81. The third-order valence-electron chi connectivity index (χ3n) is 3.74. The quantitative estimate of drug-likeness (QED) is 0.463. The van der Waals surface area contributed by atoms with Crippen molar-refractivity contribution in [3.05, 3.63) is 59.8 Å². The van der Waals surface area contributed by atoms with Crippen molar-refractivity contribution in [2.24, 2.45) is 0 Å². The molecular formula is C17H17F3N6O2. The highest BCUT2D eigenvalue weighted by Gasteiger charge is 2.17. The number of hydrogen-bond acceptors (Lipinski definition) is 7. The van der Waals surface area contributed by atoms with Gasteiger partial charge in [-0.15, -0.1) is 0 Å². The van der Waals surface area contributed by atoms with E-state index in [1.165, 1.54) is 10.9 Å². The standard InChI is InChI=1S/C17H17F3N6O2/c18-11-3-10(4-12(19)5-11)15(9-28)24-16-14(20)7-21-17(25-16)23-13-6-22-26(8-13)1-2-27/h3-8,15,27-28H,1-2,9H2,(H2,21,23,24,25)/t15-/m1/s1. The van der Waals surface area contributed by atoms with Gasteiger partial charge < -0.3 is 20.8 Å². The number of aromatic nitrogens is 4. The van der Waals surface area contributed by atoms with Crippen LogP contribution in [0.5, 0.6) is 0 Å². The van der Waals surface area contributed by atoms with Crippen LogP contribution >= 0.6 is 0 Å². The van der Waals surface area contributed by atoms with Crippen LogP contribution in [-0.2, 0) is 6.54 Å². The number of aliphatic hydroxyl groups excluding tert-OH is 2. The summed E-state index contributed by atoms with van der Waals surface area (Å²) in [6.45, 7) is -0.324. The average molecular weight is 394 g/mol. The van der Waals surface area contributed by atoms with Crippen molar-refractivity contribution in [1.82, 2.24) is 19.7 Å². The van der Waals surface area contributed by atoms with Gasteiger partial charge in [-0.05, 0) is 17.7 Å². The van der Waals surface area contributed by atoms with E-state index in [4.69, 9.17) is 5.11 Å². The Balaban J connectivity index is 1.79. The molecular weight excluding hydrogens is 377 g/mol. The van der Waals surface area contributed by atoms with Crippen molar-refractivity contribution in [2.45, 2.75) is 12.6 Å². The minimum atomic E-state index is -0.991. The normalized spacial score (nSPS) is 12.0. The van der Waals surface area contributed by atoms with Gasteiger partial charge in [-0.3, -0.25) is 4.68 Å². The van der Waals surface area contributed by atoms with E-state index in [0.29, 0.717) is 18.3 Å². The molecule has 1 atom stereocenters. The van der Waals surface area contributed by atoms with Crippen molar-refractivity contribution >= 4 is 17.5 Å². The first-order valence-corrected chi connectivity index (χ1v) is 8.24. The lowest BCUT2D eigenvalue weighted by Gasteiger charge is -2.18. The summed E-state index contributed by atoms with van der Waals surface area (Å²) in [6, 6.07) is 1.77. The molecule has 0 aliphatic heterocycles. The van der Waals surface area contributed by atoms with Crippen LogP contribution in [-0.4, -0.2) is 43.2 Å². The molecule has 0 unspecified atom stereocenters. The lowest BCUT2D eigenvalue weighted by molar-refractivity contribution is 0.269. The highest BCUT2D eigenvalue weighted by atomic mass is 19.1. The molecule has 0 aliphatic carbocycles. The number of benzene rings is 1. The highest BCUT2D eigenvalue weighted by Crippen LogP contribution is 2.23. The summed E-state index contributed by atoms with van der Waals surface area (Å²) in [6.07, 6.45) is 3.99. The molecule has 0 bridgehead atoms. The molecule has 2 heterocycles. The van der Waals surface area contributed by atoms with Crippen molar-refractivity contribution in [3.63, 3.8) is 0 Å². The van der Waals surface area contributed by atoms with Crippen LogP contribution in [0.2, 0.25) is 0 Å². The van der Waals surface area contributed by atoms with Gasteiger partial charge in [0.2, 0.25) is 5.95 Å². The molecule has 148 valence electrons. The first kappa shape index (κ1) is 19.6. The molecule has 8 nitrogen and oxygen atoms in total. The van der Waals surface area contributed by atoms with E-state index in [0.717, 1.165) is 18.3 Å². The van der Waals surface area contributed by atoms with Gasteiger partial charge in [0.1, 0.15) is 11.6 Å². The van der Waals surface area contributed by atoms with Gasteiger partial charge in [0.15, 0.2) is 11.6 Å². The minimum absolute atomic E-state index is 0.0366. The number of anilines is 3. The van der Waals surface area contributed by atoms with Gasteiger partial charge in [-0.1, -0.05) is 0 Å². The minimum Gasteiger partial charge on any atom is -0.394 e. The number of nitrogens with one attached hydrogen (secondary N) is 2. The maximum atomic E-state index is 14.1. The smallest absolute Gasteiger partial charge is 0.229 e. The molecule has 28 heavy (non-hydrogen) atoms. The Kier molecular flexibility index (Phi) is 6.06. The van der Waals surface area contributed by atoms with E-state index in [-0.39, 0.29) is 23.9 Å². The third-order valence-corrected chi connectivity index (χ3v) is 3.74. The fourth-order valence-electron chi connectivity index (χ4n) is 2.49. The summed E-state index contributed by atoms with van der Waals surface area (Å²) in [5, 5.41) is 27.9. The van der Waals surface area contributed by atoms with Gasteiger partial charge in [-0.25, -0.2) is 18.2 Å². The summed E-state index contributed by atoms with van der Waals surface area (Å²) in [4.78, 5) is 7.80. The zero-order valence-electron chi connectivity index (χ0n) is 14.5. The van der Waals surface area contributed by atoms with Gasteiger partial charge in [0, 0.05) is 12.3 Å². The van der Waals surface area contributed by atoms with Crippen molar-refractivity contribution in [3.8, 4) is 0 Å². The highest BCUT2D eigenvalue weighted by molar-refractivity contribution is 5.53. The number of aliphatic hydroxyl groups is 2. The lowest BCUT2D eigenvalue weighted by Crippen LogP contribution is -2.17. The molecule has 0 radical (unpaired) electrons. The molecule has 11 heteroatoms. The third kappa shape index (κ3) is 4.75. The predicted octanol–water partition coefficient (Wildman–Crippen LogP) is 1.97. The molecule has 1 aromatic carbocycles. The Morgan fingerprint density at radius 3 is 2.50 bits per heavy atom. The SMILES string of the molecule is OCCn1cc(Nc2ncc(F)c(N[C@H](CO)c3cc(F)cc(F)c3)n2)cn1. The summed E-state index contributed by atoms with van der Waals surface area (Å²) in [7, 11) is 0. The Hall–Kier alpha value is -3.18. The Labute approximate surface area is 157 Å². The van der Waals surface area contributed by atoms with Crippen LogP contribution in [0.1, 0.15) is 11.6 Å². The summed E-state index contributed by atoms with van der Waals surface area (Å²) in [5.41, 5.74) is 0.606. The zero-order valence-corrected chi connectivity index (χ0v) is 14.5. The Bertz CT molecular complexity index is 932. The largest absolute Gasteiger partial charge is 0.394 e. The Morgan fingerprint density at radius 1 is 1.07 bits per heavy atom. The van der Waals surface area contributed by atoms with Crippen molar-refractivity contribution in [2.75, 3.05) is 23.8 Å². The van der Waals surface area contributed by atoms with Crippen LogP contribution < -0.4 is 10.6 Å². The van der Waals surface area contributed by atoms with Crippen LogP contribution in [0.15, 0.2) is 36.8 Å². The molecule has 0 amide bonds. The second kappa shape index (κ2) is 8.67. The van der Waals surface area contributed by atoms with Gasteiger partial charge >= 0.3 is 0 Å². The first-order chi connectivity index (χ1) is 13.5. The molecule has 0 fully saturated rings. The van der Waals surface area contributed by atoms with E-state index < -0.39 is 30.1 Å². The number of halogens is 3. The van der Waals surface area contributed by atoms with E-state index >= 15 is 0 Å². The number of rotatable bonds is 8. The Morgan fingerprint density at radius 2 is 1.82 bits per heavy atom. The van der Waals surface area contributed by atoms with Crippen molar-refractivity contribution < 1.29 is 23.4 Å². The molecule has 2 aromatic heterocycles. The monoisotopic (exact) mass is 394 g/mol. The maximum absolute atomic E-state index is 14.1. The molecule has 0 saturated carbocycles. The second-order valence-corrected chi connectivity index (χ2v) is 5.81. The van der Waals surface area contributed by atoms with Crippen LogP contribution in [0.4, 0.5) is 30.6 Å². The van der Waals surface area contributed by atoms with E-state index in [2.05, 4.69) is 25.7 Å². The predicted molar refractivity (Wildman–Crippen MR) is 94.4 cm³/mol. The molecule has 4 N–H and O–H groups in total. The van der Waals surface area contributed by atoms with Crippen LogP contribution in [0, 0.1) is 17.5 Å². The van der Waals surface area contributed by atoms with Crippen LogP contribution in [0.3, 0.4) is 0 Å². The number of hydrogen-bond donors (Lipinski definition) is 4. The lowest BCUT2D eigenvalue weighted by atomic mass is 10.1. The topological polar surface area (TPSA) is 108 Å². The summed E-state index contributed by atoms with van der Waals surface area (Å²) >= 11 is 0. The average Bonchev–Trinajstić information content (AvgIpc) is 3.08. The first-order valence-electron chi connectivity index (χ1n) is 8.24. The van der Waals surface area contributed by atoms with Gasteiger partial charge in [-0.2, -0.15) is 10.1 Å². The van der Waals surface area contributed by atoms with Crippen molar-refractivity contribution in [1.29, 1.82) is 0 Å². The molecule has 3 rings (SSSR count). The van der Waals surface area contributed by atoms with Gasteiger partial charge in [0.25, 0.3) is 0 Å². The fraction of sp³-hybridized carbons (Fsp3) is 0.235. The van der Waals surface area contributed by atoms with E-state index in [1.807, 2.05) is 0 Å². The fourth-order valence-corrected chi connectivity index (χ4v) is 2.49. The molecule has 0 spiro atoms. The zero-order chi connectivity index (χ0) is 20.1. The summed E-state index contributed by atoms with van der Waals surface area (Å²) < 4.78 is 42.4. The molecule has 3 aromatic rings. The maximum Gasteiger partial charge on any atom is 0.229 e.